The lowest BCUT2D eigenvalue weighted by Gasteiger charge is -2.21. The molecule has 3 aromatic rings. The molecule has 0 saturated carbocycles. The van der Waals surface area contributed by atoms with E-state index in [-0.39, 0.29) is 24.3 Å². The predicted molar refractivity (Wildman–Crippen MR) is 114 cm³/mol. The van der Waals surface area contributed by atoms with E-state index in [2.05, 4.69) is 10.6 Å². The Morgan fingerprint density at radius 3 is 2.36 bits per heavy atom. The minimum absolute atomic E-state index is 0.0804. The third-order valence-electron chi connectivity index (χ3n) is 4.36. The Kier molecular flexibility index (Phi) is 6.85. The van der Waals surface area contributed by atoms with Crippen LogP contribution < -0.4 is 10.6 Å². The van der Waals surface area contributed by atoms with Gasteiger partial charge >= 0.3 is 0 Å². The molecule has 0 fully saturated rings. The molecule has 2 atom stereocenters. The van der Waals surface area contributed by atoms with E-state index in [0.29, 0.717) is 10.6 Å². The number of carbonyl (C=O) groups excluding carboxylic acids is 2. The Bertz CT molecular complexity index is 929. The van der Waals surface area contributed by atoms with Crippen LogP contribution in [-0.4, -0.2) is 11.8 Å². The van der Waals surface area contributed by atoms with Gasteiger partial charge in [-0.3, -0.25) is 9.59 Å². The van der Waals surface area contributed by atoms with Gasteiger partial charge in [-0.15, -0.1) is 11.3 Å². The maximum atomic E-state index is 12.7. The van der Waals surface area contributed by atoms with E-state index in [1.807, 2.05) is 54.8 Å². The molecular formula is C22H21ClN2O2S. The second-order valence-corrected chi connectivity index (χ2v) is 7.81. The lowest BCUT2D eigenvalue weighted by Crippen LogP contribution is -2.34. The summed E-state index contributed by atoms with van der Waals surface area (Å²) in [5, 5.41) is 8.31. The van der Waals surface area contributed by atoms with Crippen LogP contribution in [0, 0.1) is 0 Å². The molecule has 2 N–H and O–H groups in total. The summed E-state index contributed by atoms with van der Waals surface area (Å²) in [5.74, 6) is -0.437. The van der Waals surface area contributed by atoms with Crippen molar-refractivity contribution >= 4 is 34.8 Å². The van der Waals surface area contributed by atoms with E-state index < -0.39 is 6.04 Å². The molecule has 2 amide bonds. The van der Waals surface area contributed by atoms with Crippen LogP contribution in [0.15, 0.2) is 72.1 Å². The number of carbonyl (C=O) groups is 2. The largest absolute Gasteiger partial charge is 0.349 e. The summed E-state index contributed by atoms with van der Waals surface area (Å²) < 4.78 is 0. The molecule has 0 aliphatic carbocycles. The molecule has 1 heterocycles. The molecule has 6 heteroatoms. The Morgan fingerprint density at radius 1 is 0.964 bits per heavy atom. The highest BCUT2D eigenvalue weighted by atomic mass is 35.5. The molecule has 0 aliphatic heterocycles. The van der Waals surface area contributed by atoms with Crippen LogP contribution in [0.5, 0.6) is 0 Å². The van der Waals surface area contributed by atoms with Crippen molar-refractivity contribution < 1.29 is 9.59 Å². The third-order valence-corrected chi connectivity index (χ3v) is 5.75. The van der Waals surface area contributed by atoms with Gasteiger partial charge in [0.15, 0.2) is 0 Å². The number of halogens is 1. The molecule has 1 aromatic heterocycles. The summed E-state index contributed by atoms with van der Waals surface area (Å²) in [5.41, 5.74) is 1.25. The Hall–Kier alpha value is -2.63. The van der Waals surface area contributed by atoms with Crippen LogP contribution in [0.2, 0.25) is 5.02 Å². The predicted octanol–water partition coefficient (Wildman–Crippen LogP) is 5.14. The number of hydrogen-bond donors (Lipinski definition) is 2. The number of hydrogen-bond acceptors (Lipinski definition) is 3. The Morgan fingerprint density at radius 2 is 1.68 bits per heavy atom. The van der Waals surface area contributed by atoms with Crippen LogP contribution >= 0.6 is 22.9 Å². The highest BCUT2D eigenvalue weighted by Crippen LogP contribution is 2.22. The fourth-order valence-electron chi connectivity index (χ4n) is 2.91. The average Bonchev–Trinajstić information content (AvgIpc) is 3.23. The number of benzene rings is 2. The molecule has 3 rings (SSSR count). The number of nitrogens with one attached hydrogen (secondary N) is 2. The van der Waals surface area contributed by atoms with Gasteiger partial charge in [-0.2, -0.15) is 0 Å². The molecule has 0 bridgehead atoms. The van der Waals surface area contributed by atoms with E-state index in [9.17, 15) is 9.59 Å². The first-order chi connectivity index (χ1) is 13.5. The van der Waals surface area contributed by atoms with Crippen molar-refractivity contribution in [3.8, 4) is 0 Å². The summed E-state index contributed by atoms with van der Waals surface area (Å²) in [6, 6.07) is 19.7. The lowest BCUT2D eigenvalue weighted by molar-refractivity contribution is -0.122. The first-order valence-corrected chi connectivity index (χ1v) is 10.2. The highest BCUT2D eigenvalue weighted by molar-refractivity contribution is 7.10. The van der Waals surface area contributed by atoms with Crippen LogP contribution in [0.25, 0.3) is 0 Å². The lowest BCUT2D eigenvalue weighted by atomic mass is 10.0. The summed E-state index contributed by atoms with van der Waals surface area (Å²) in [6.45, 7) is 1.95. The van der Waals surface area contributed by atoms with Gasteiger partial charge in [0.05, 0.1) is 29.1 Å². The second kappa shape index (κ2) is 9.53. The van der Waals surface area contributed by atoms with E-state index >= 15 is 0 Å². The molecular weight excluding hydrogens is 392 g/mol. The summed E-state index contributed by atoms with van der Waals surface area (Å²) >= 11 is 7.74. The maximum Gasteiger partial charge on any atom is 0.253 e. The molecule has 0 radical (unpaired) electrons. The first kappa shape index (κ1) is 20.1. The van der Waals surface area contributed by atoms with Gasteiger partial charge in [-0.1, -0.05) is 60.1 Å². The summed E-state index contributed by atoms with van der Waals surface area (Å²) in [7, 11) is 0. The standard InChI is InChI=1S/C22H21ClN2O2S/c1-15(20-12-7-13-28-20)24-21(26)14-19(16-8-3-2-4-9-16)25-22(27)17-10-5-6-11-18(17)23/h2-13,15,19H,14H2,1H3,(H,24,26)(H,25,27). The van der Waals surface area contributed by atoms with Gasteiger partial charge < -0.3 is 10.6 Å². The first-order valence-electron chi connectivity index (χ1n) is 8.97. The van der Waals surface area contributed by atoms with E-state index in [4.69, 9.17) is 11.6 Å². The Labute approximate surface area is 173 Å². The van der Waals surface area contributed by atoms with Gasteiger partial charge in [0.2, 0.25) is 5.91 Å². The molecule has 144 valence electrons. The fraction of sp³-hybridized carbons (Fsp3) is 0.182. The van der Waals surface area contributed by atoms with Gasteiger partial charge in [0.25, 0.3) is 5.91 Å². The average molecular weight is 413 g/mol. The number of amides is 2. The van der Waals surface area contributed by atoms with E-state index in [1.54, 1.807) is 35.6 Å². The van der Waals surface area contributed by atoms with Crippen molar-refractivity contribution in [3.05, 3.63) is 93.1 Å². The smallest absolute Gasteiger partial charge is 0.253 e. The van der Waals surface area contributed by atoms with Crippen molar-refractivity contribution in [1.29, 1.82) is 0 Å². The van der Waals surface area contributed by atoms with Crippen molar-refractivity contribution in [2.45, 2.75) is 25.4 Å². The molecule has 2 unspecified atom stereocenters. The maximum absolute atomic E-state index is 12.7. The van der Waals surface area contributed by atoms with Gasteiger partial charge in [-0.25, -0.2) is 0 Å². The SMILES string of the molecule is CC(NC(=O)CC(NC(=O)c1ccccc1Cl)c1ccccc1)c1cccs1. The Balaban J connectivity index is 1.73. The van der Waals surface area contributed by atoms with Gasteiger partial charge in [-0.05, 0) is 36.1 Å². The summed E-state index contributed by atoms with van der Waals surface area (Å²) in [4.78, 5) is 26.4. The van der Waals surface area contributed by atoms with Crippen LogP contribution in [-0.2, 0) is 4.79 Å². The van der Waals surface area contributed by atoms with Crippen LogP contribution in [0.1, 0.15) is 46.2 Å². The third kappa shape index (κ3) is 5.21. The topological polar surface area (TPSA) is 58.2 Å². The van der Waals surface area contributed by atoms with Crippen molar-refractivity contribution in [3.63, 3.8) is 0 Å². The van der Waals surface area contributed by atoms with Gasteiger partial charge in [0.1, 0.15) is 0 Å². The number of rotatable bonds is 7. The normalized spacial score (nSPS) is 12.8. The molecule has 0 aliphatic rings. The molecule has 28 heavy (non-hydrogen) atoms. The zero-order chi connectivity index (χ0) is 19.9. The molecule has 0 saturated heterocycles. The van der Waals surface area contributed by atoms with Crippen molar-refractivity contribution in [2.75, 3.05) is 0 Å². The van der Waals surface area contributed by atoms with E-state index in [0.717, 1.165) is 10.4 Å². The highest BCUT2D eigenvalue weighted by Gasteiger charge is 2.21. The van der Waals surface area contributed by atoms with Crippen LogP contribution in [0.4, 0.5) is 0 Å². The molecule has 2 aromatic carbocycles. The fourth-order valence-corrected chi connectivity index (χ4v) is 3.87. The second-order valence-electron chi connectivity index (χ2n) is 6.43. The minimum atomic E-state index is -0.458. The van der Waals surface area contributed by atoms with Crippen molar-refractivity contribution in [2.24, 2.45) is 0 Å². The monoisotopic (exact) mass is 412 g/mol. The minimum Gasteiger partial charge on any atom is -0.349 e. The van der Waals surface area contributed by atoms with Gasteiger partial charge in [0, 0.05) is 4.88 Å². The van der Waals surface area contributed by atoms with Crippen molar-refractivity contribution in [1.82, 2.24) is 10.6 Å². The molecule has 0 spiro atoms. The summed E-state index contributed by atoms with van der Waals surface area (Å²) in [6.07, 6.45) is 0.135. The zero-order valence-electron chi connectivity index (χ0n) is 15.4. The van der Waals surface area contributed by atoms with Crippen LogP contribution in [0.3, 0.4) is 0 Å². The quantitative estimate of drug-likeness (QED) is 0.564. The van der Waals surface area contributed by atoms with E-state index in [1.165, 1.54) is 0 Å². The molecule has 4 nitrogen and oxygen atoms in total. The zero-order valence-corrected chi connectivity index (χ0v) is 17.0. The number of thiophene rings is 1.